The van der Waals surface area contributed by atoms with Gasteiger partial charge in [0.15, 0.2) is 0 Å². The van der Waals surface area contributed by atoms with Gasteiger partial charge in [-0.15, -0.1) is 11.6 Å². The van der Waals surface area contributed by atoms with Crippen molar-refractivity contribution in [1.29, 1.82) is 0 Å². The molecule has 3 heteroatoms. The van der Waals surface area contributed by atoms with Crippen molar-refractivity contribution < 1.29 is 0 Å². The number of benzene rings is 1. The second-order valence-electron chi connectivity index (χ2n) is 3.17. The van der Waals surface area contributed by atoms with Crippen molar-refractivity contribution in [3.8, 4) is 0 Å². The van der Waals surface area contributed by atoms with Gasteiger partial charge in [0, 0.05) is 17.8 Å². The summed E-state index contributed by atoms with van der Waals surface area (Å²) in [6.07, 6.45) is 1.76. The summed E-state index contributed by atoms with van der Waals surface area (Å²) in [5.41, 5.74) is 2.13. The summed E-state index contributed by atoms with van der Waals surface area (Å²) in [6, 6.07) is 13.7. The molecule has 1 aromatic carbocycles. The molecule has 0 aliphatic heterocycles. The second-order valence-corrected chi connectivity index (χ2v) is 3.44. The highest BCUT2D eigenvalue weighted by Gasteiger charge is 1.94. The minimum Gasteiger partial charge on any atom is -0.340 e. The fraction of sp³-hybridized carbons (Fsp3) is 0.0833. The molecule has 1 aromatic heterocycles. The van der Waals surface area contributed by atoms with E-state index in [1.807, 2.05) is 42.5 Å². The molecule has 0 unspecified atom stereocenters. The number of halogens is 1. The maximum absolute atomic E-state index is 5.71. The van der Waals surface area contributed by atoms with Gasteiger partial charge < -0.3 is 5.32 Å². The molecule has 0 saturated heterocycles. The molecule has 0 saturated carbocycles. The van der Waals surface area contributed by atoms with Crippen molar-refractivity contribution in [3.05, 3.63) is 54.2 Å². The third-order valence-electron chi connectivity index (χ3n) is 2.05. The first-order chi connectivity index (χ1) is 7.38. The number of anilines is 2. The molecule has 0 aliphatic rings. The number of pyridine rings is 1. The molecule has 1 heterocycles. The van der Waals surface area contributed by atoms with Gasteiger partial charge in [-0.2, -0.15) is 0 Å². The lowest BCUT2D eigenvalue weighted by Crippen LogP contribution is -1.92. The van der Waals surface area contributed by atoms with Crippen LogP contribution in [0.4, 0.5) is 11.5 Å². The van der Waals surface area contributed by atoms with E-state index in [-0.39, 0.29) is 0 Å². The van der Waals surface area contributed by atoms with Gasteiger partial charge in [-0.1, -0.05) is 18.2 Å². The van der Waals surface area contributed by atoms with Crippen molar-refractivity contribution >= 4 is 23.1 Å². The zero-order chi connectivity index (χ0) is 10.5. The Morgan fingerprint density at radius 1 is 1.07 bits per heavy atom. The molecule has 0 atom stereocenters. The van der Waals surface area contributed by atoms with Crippen LogP contribution in [-0.4, -0.2) is 4.98 Å². The first-order valence-corrected chi connectivity index (χ1v) is 5.25. The van der Waals surface area contributed by atoms with Crippen LogP contribution in [0, 0.1) is 0 Å². The van der Waals surface area contributed by atoms with E-state index in [0.717, 1.165) is 17.1 Å². The fourth-order valence-electron chi connectivity index (χ4n) is 1.26. The van der Waals surface area contributed by atoms with E-state index in [2.05, 4.69) is 10.3 Å². The molecule has 2 rings (SSSR count). The quantitative estimate of drug-likeness (QED) is 0.797. The molecule has 1 N–H and O–H groups in total. The van der Waals surface area contributed by atoms with Crippen LogP contribution in [0.15, 0.2) is 48.7 Å². The molecule has 0 aliphatic carbocycles. The van der Waals surface area contributed by atoms with Crippen LogP contribution in [0.2, 0.25) is 0 Å². The maximum Gasteiger partial charge on any atom is 0.130 e. The van der Waals surface area contributed by atoms with Crippen molar-refractivity contribution in [3.63, 3.8) is 0 Å². The molecule has 2 aromatic rings. The number of nitrogens with zero attached hydrogens (tertiary/aromatic N) is 1. The Morgan fingerprint density at radius 3 is 2.47 bits per heavy atom. The van der Waals surface area contributed by atoms with Gasteiger partial charge in [0.1, 0.15) is 5.82 Å². The molecule has 0 bridgehead atoms. The average molecular weight is 219 g/mol. The molecule has 76 valence electrons. The van der Waals surface area contributed by atoms with Crippen LogP contribution in [0.5, 0.6) is 0 Å². The summed E-state index contributed by atoms with van der Waals surface area (Å²) in [7, 11) is 0. The molecule has 2 nitrogen and oxygen atoms in total. The van der Waals surface area contributed by atoms with Crippen LogP contribution >= 0.6 is 11.6 Å². The van der Waals surface area contributed by atoms with Gasteiger partial charge in [-0.3, -0.25) is 0 Å². The molecule has 15 heavy (non-hydrogen) atoms. The van der Waals surface area contributed by atoms with E-state index < -0.39 is 0 Å². The Bertz CT molecular complexity index is 411. The standard InChI is InChI=1S/C12H11ClN2/c13-9-10-4-6-11(7-5-10)15-12-3-1-2-8-14-12/h1-8H,9H2,(H,14,15). The number of rotatable bonds is 3. The number of hydrogen-bond acceptors (Lipinski definition) is 2. The molecule has 0 spiro atoms. The van der Waals surface area contributed by atoms with Crippen molar-refractivity contribution in [2.24, 2.45) is 0 Å². The van der Waals surface area contributed by atoms with Gasteiger partial charge in [0.2, 0.25) is 0 Å². The summed E-state index contributed by atoms with van der Waals surface area (Å²) >= 11 is 5.71. The topological polar surface area (TPSA) is 24.9 Å². The fourth-order valence-corrected chi connectivity index (χ4v) is 1.44. The summed E-state index contributed by atoms with van der Waals surface area (Å²) in [4.78, 5) is 4.18. The Hall–Kier alpha value is -1.54. The predicted molar refractivity (Wildman–Crippen MR) is 63.5 cm³/mol. The SMILES string of the molecule is ClCc1ccc(Nc2ccccn2)cc1. The second kappa shape index (κ2) is 4.80. The Morgan fingerprint density at radius 2 is 1.87 bits per heavy atom. The van der Waals surface area contributed by atoms with E-state index in [1.165, 1.54) is 0 Å². The number of aromatic nitrogens is 1. The highest BCUT2D eigenvalue weighted by Crippen LogP contribution is 2.15. The maximum atomic E-state index is 5.71. The minimum atomic E-state index is 0.546. The predicted octanol–water partition coefficient (Wildman–Crippen LogP) is 3.56. The third-order valence-corrected chi connectivity index (χ3v) is 2.35. The number of alkyl halides is 1. The van der Waals surface area contributed by atoms with Gasteiger partial charge in [0.05, 0.1) is 0 Å². The summed E-state index contributed by atoms with van der Waals surface area (Å²) in [5, 5.41) is 3.20. The smallest absolute Gasteiger partial charge is 0.130 e. The Labute approximate surface area is 93.9 Å². The van der Waals surface area contributed by atoms with Crippen molar-refractivity contribution in [2.45, 2.75) is 5.88 Å². The van der Waals surface area contributed by atoms with Crippen LogP contribution in [-0.2, 0) is 5.88 Å². The van der Waals surface area contributed by atoms with Crippen molar-refractivity contribution in [2.75, 3.05) is 5.32 Å². The molecular weight excluding hydrogens is 208 g/mol. The van der Waals surface area contributed by atoms with Gasteiger partial charge in [-0.25, -0.2) is 4.98 Å². The van der Waals surface area contributed by atoms with Crippen molar-refractivity contribution in [1.82, 2.24) is 4.98 Å². The summed E-state index contributed by atoms with van der Waals surface area (Å²) in [6.45, 7) is 0. The zero-order valence-corrected chi connectivity index (χ0v) is 8.91. The first kappa shape index (κ1) is 9.99. The van der Waals surface area contributed by atoms with E-state index in [0.29, 0.717) is 5.88 Å². The highest BCUT2D eigenvalue weighted by molar-refractivity contribution is 6.17. The van der Waals surface area contributed by atoms with E-state index in [9.17, 15) is 0 Å². The van der Waals surface area contributed by atoms with E-state index in [1.54, 1.807) is 6.20 Å². The molecule has 0 amide bonds. The Balaban J connectivity index is 2.11. The molecular formula is C12H11ClN2. The molecule has 0 radical (unpaired) electrons. The summed E-state index contributed by atoms with van der Waals surface area (Å²) < 4.78 is 0. The minimum absolute atomic E-state index is 0.546. The monoisotopic (exact) mass is 218 g/mol. The van der Waals surface area contributed by atoms with E-state index >= 15 is 0 Å². The average Bonchev–Trinajstić information content (AvgIpc) is 2.31. The van der Waals surface area contributed by atoms with Crippen LogP contribution in [0.1, 0.15) is 5.56 Å². The van der Waals surface area contributed by atoms with Gasteiger partial charge in [-0.05, 0) is 29.8 Å². The molecule has 0 fully saturated rings. The zero-order valence-electron chi connectivity index (χ0n) is 8.15. The lowest BCUT2D eigenvalue weighted by Gasteiger charge is -2.05. The van der Waals surface area contributed by atoms with Gasteiger partial charge in [0.25, 0.3) is 0 Å². The normalized spacial score (nSPS) is 9.93. The number of nitrogens with one attached hydrogen (secondary N) is 1. The summed E-state index contributed by atoms with van der Waals surface area (Å²) in [5.74, 6) is 1.39. The lowest BCUT2D eigenvalue weighted by molar-refractivity contribution is 1.30. The van der Waals surface area contributed by atoms with Crippen LogP contribution < -0.4 is 5.32 Å². The Kier molecular flexibility index (Phi) is 3.20. The third kappa shape index (κ3) is 2.70. The lowest BCUT2D eigenvalue weighted by atomic mass is 10.2. The van der Waals surface area contributed by atoms with Crippen LogP contribution in [0.25, 0.3) is 0 Å². The van der Waals surface area contributed by atoms with Gasteiger partial charge >= 0.3 is 0 Å². The largest absolute Gasteiger partial charge is 0.340 e. The van der Waals surface area contributed by atoms with E-state index in [4.69, 9.17) is 11.6 Å². The first-order valence-electron chi connectivity index (χ1n) is 4.71. The number of hydrogen-bond donors (Lipinski definition) is 1. The highest BCUT2D eigenvalue weighted by atomic mass is 35.5. The van der Waals surface area contributed by atoms with Crippen LogP contribution in [0.3, 0.4) is 0 Å².